The van der Waals surface area contributed by atoms with Crippen LogP contribution in [0.15, 0.2) is 65.3 Å². The van der Waals surface area contributed by atoms with E-state index >= 15 is 0 Å². The second-order valence-corrected chi connectivity index (χ2v) is 4.29. The maximum atomic E-state index is 11.0. The van der Waals surface area contributed by atoms with Crippen LogP contribution in [0.25, 0.3) is 22.7 Å². The lowest BCUT2D eigenvalue weighted by Crippen LogP contribution is -1.95. The summed E-state index contributed by atoms with van der Waals surface area (Å²) in [4.78, 5) is 15.4. The highest BCUT2D eigenvalue weighted by atomic mass is 16.4. The Kier molecular flexibility index (Phi) is 3.05. The summed E-state index contributed by atoms with van der Waals surface area (Å²) in [5.74, 6) is -0.561. The Morgan fingerprint density at radius 1 is 1.00 bits per heavy atom. The van der Waals surface area contributed by atoms with Crippen LogP contribution in [0.2, 0.25) is 0 Å². The first-order valence-electron chi connectivity index (χ1n) is 6.09. The lowest BCUT2D eigenvalue weighted by molar-refractivity contribution is 0.0697. The van der Waals surface area contributed by atoms with Crippen LogP contribution in [0.3, 0.4) is 0 Å². The summed E-state index contributed by atoms with van der Waals surface area (Å²) in [6.45, 7) is 0. The predicted octanol–water partition coefficient (Wildman–Crippen LogP) is 3.71. The molecule has 3 aromatic rings. The quantitative estimate of drug-likeness (QED) is 0.784. The second-order valence-electron chi connectivity index (χ2n) is 4.29. The molecular formula is C16H11NO3. The first kappa shape index (κ1) is 12.2. The zero-order valence-electron chi connectivity index (χ0n) is 10.5. The molecule has 0 saturated heterocycles. The first-order valence-corrected chi connectivity index (χ1v) is 6.09. The highest BCUT2D eigenvalue weighted by Gasteiger charge is 2.10. The van der Waals surface area contributed by atoms with E-state index < -0.39 is 5.97 Å². The summed E-state index contributed by atoms with van der Waals surface area (Å²) >= 11 is 0. The number of carboxylic acid groups (broad SMARTS) is 1. The minimum absolute atomic E-state index is 0.210. The van der Waals surface area contributed by atoms with Gasteiger partial charge in [0.15, 0.2) is 0 Å². The van der Waals surface area contributed by atoms with Gasteiger partial charge in [-0.1, -0.05) is 36.4 Å². The largest absolute Gasteiger partial charge is 0.478 e. The summed E-state index contributed by atoms with van der Waals surface area (Å²) in [7, 11) is 0. The van der Waals surface area contributed by atoms with E-state index in [2.05, 4.69) is 4.98 Å². The van der Waals surface area contributed by atoms with Gasteiger partial charge < -0.3 is 9.52 Å². The molecule has 0 radical (unpaired) electrons. The highest BCUT2D eigenvalue weighted by Crippen LogP contribution is 2.24. The molecule has 0 saturated carbocycles. The third-order valence-electron chi connectivity index (χ3n) is 2.93. The zero-order valence-corrected chi connectivity index (χ0v) is 10.5. The molecule has 0 fully saturated rings. The van der Waals surface area contributed by atoms with Gasteiger partial charge in [0, 0.05) is 11.1 Å². The molecule has 3 rings (SSSR count). The minimum atomic E-state index is -0.971. The van der Waals surface area contributed by atoms with Gasteiger partial charge >= 0.3 is 5.97 Å². The van der Waals surface area contributed by atoms with Gasteiger partial charge in [0.1, 0.15) is 12.0 Å². The second kappa shape index (κ2) is 5.01. The van der Waals surface area contributed by atoms with Crippen LogP contribution in [-0.4, -0.2) is 16.1 Å². The molecule has 4 nitrogen and oxygen atoms in total. The average Bonchev–Trinajstić information content (AvgIpc) is 2.98. The van der Waals surface area contributed by atoms with E-state index in [4.69, 9.17) is 9.52 Å². The minimum Gasteiger partial charge on any atom is -0.478 e. The van der Waals surface area contributed by atoms with Crippen LogP contribution in [0.5, 0.6) is 0 Å². The molecule has 0 aliphatic rings. The molecule has 0 bridgehead atoms. The summed E-state index contributed by atoms with van der Waals surface area (Å²) < 4.78 is 5.44. The van der Waals surface area contributed by atoms with Crippen LogP contribution >= 0.6 is 0 Å². The predicted molar refractivity (Wildman–Crippen MR) is 74.3 cm³/mol. The van der Waals surface area contributed by atoms with Gasteiger partial charge in [-0.15, -0.1) is 0 Å². The number of hydrogen-bond acceptors (Lipinski definition) is 3. The van der Waals surface area contributed by atoms with E-state index in [1.165, 1.54) is 6.07 Å². The van der Waals surface area contributed by atoms with Gasteiger partial charge in [0.25, 0.3) is 0 Å². The molecule has 20 heavy (non-hydrogen) atoms. The van der Waals surface area contributed by atoms with Crippen LogP contribution in [0.1, 0.15) is 10.4 Å². The number of aromatic carboxylic acids is 1. The summed E-state index contributed by atoms with van der Waals surface area (Å²) in [5, 5.41) is 8.99. The fourth-order valence-corrected chi connectivity index (χ4v) is 1.93. The van der Waals surface area contributed by atoms with Crippen LogP contribution in [0.4, 0.5) is 0 Å². The lowest BCUT2D eigenvalue weighted by Gasteiger charge is -1.97. The maximum Gasteiger partial charge on any atom is 0.335 e. The number of carbonyl (C=O) groups is 1. The van der Waals surface area contributed by atoms with Gasteiger partial charge in [-0.05, 0) is 18.2 Å². The number of carboxylic acids is 1. The van der Waals surface area contributed by atoms with E-state index in [0.29, 0.717) is 11.5 Å². The van der Waals surface area contributed by atoms with Crippen molar-refractivity contribution in [2.45, 2.75) is 0 Å². The number of oxazole rings is 1. The van der Waals surface area contributed by atoms with Crippen LogP contribution in [-0.2, 0) is 0 Å². The molecule has 1 aromatic heterocycles. The summed E-state index contributed by atoms with van der Waals surface area (Å²) in [6.07, 6.45) is 1.57. The van der Waals surface area contributed by atoms with Crippen molar-refractivity contribution in [1.82, 2.24) is 4.98 Å². The smallest absolute Gasteiger partial charge is 0.335 e. The first-order chi connectivity index (χ1) is 9.74. The maximum absolute atomic E-state index is 11.0. The van der Waals surface area contributed by atoms with E-state index in [-0.39, 0.29) is 5.56 Å². The van der Waals surface area contributed by atoms with E-state index in [1.54, 1.807) is 24.5 Å². The lowest BCUT2D eigenvalue weighted by atomic mass is 10.1. The van der Waals surface area contributed by atoms with E-state index in [1.807, 2.05) is 30.3 Å². The fourth-order valence-electron chi connectivity index (χ4n) is 1.93. The molecule has 0 amide bonds. The van der Waals surface area contributed by atoms with Crippen molar-refractivity contribution in [2.75, 3.05) is 0 Å². The molecule has 1 heterocycles. The molecule has 2 aromatic carbocycles. The van der Waals surface area contributed by atoms with Gasteiger partial charge in [0.2, 0.25) is 5.89 Å². The molecular weight excluding hydrogens is 254 g/mol. The van der Waals surface area contributed by atoms with Crippen molar-refractivity contribution >= 4 is 5.97 Å². The monoisotopic (exact) mass is 265 g/mol. The Labute approximate surface area is 115 Å². The Bertz CT molecular complexity index is 747. The van der Waals surface area contributed by atoms with Gasteiger partial charge in [-0.25, -0.2) is 9.78 Å². The van der Waals surface area contributed by atoms with Crippen molar-refractivity contribution in [1.29, 1.82) is 0 Å². The number of rotatable bonds is 3. The Balaban J connectivity index is 1.98. The SMILES string of the molecule is O=C(O)c1cccc(-c2nc(-c3ccccc3)co2)c1. The number of aromatic nitrogens is 1. The van der Waals surface area contributed by atoms with Crippen LogP contribution < -0.4 is 0 Å². The van der Waals surface area contributed by atoms with E-state index in [9.17, 15) is 4.79 Å². The molecule has 1 N–H and O–H groups in total. The molecule has 0 aliphatic carbocycles. The molecule has 0 unspecified atom stereocenters. The highest BCUT2D eigenvalue weighted by molar-refractivity contribution is 5.89. The van der Waals surface area contributed by atoms with Crippen molar-refractivity contribution in [2.24, 2.45) is 0 Å². The number of nitrogens with zero attached hydrogens (tertiary/aromatic N) is 1. The number of hydrogen-bond donors (Lipinski definition) is 1. The Morgan fingerprint density at radius 3 is 2.50 bits per heavy atom. The third kappa shape index (κ3) is 2.31. The van der Waals surface area contributed by atoms with Gasteiger partial charge in [0.05, 0.1) is 5.56 Å². The van der Waals surface area contributed by atoms with Crippen molar-refractivity contribution in [3.05, 3.63) is 66.4 Å². The summed E-state index contributed by atoms with van der Waals surface area (Å²) in [5.41, 5.74) is 2.53. The van der Waals surface area contributed by atoms with Gasteiger partial charge in [-0.3, -0.25) is 0 Å². The molecule has 0 spiro atoms. The Hall–Kier alpha value is -2.88. The summed E-state index contributed by atoms with van der Waals surface area (Å²) in [6, 6.07) is 16.2. The molecule has 0 aliphatic heterocycles. The topological polar surface area (TPSA) is 63.3 Å². The molecule has 98 valence electrons. The molecule has 0 atom stereocenters. The standard InChI is InChI=1S/C16H11NO3/c18-16(19)13-8-4-7-12(9-13)15-17-14(10-20-15)11-5-2-1-3-6-11/h1-10H,(H,18,19). The van der Waals surface area contributed by atoms with Crippen molar-refractivity contribution in [3.63, 3.8) is 0 Å². The fraction of sp³-hybridized carbons (Fsp3) is 0. The van der Waals surface area contributed by atoms with Gasteiger partial charge in [-0.2, -0.15) is 0 Å². The van der Waals surface area contributed by atoms with Crippen molar-refractivity contribution < 1.29 is 14.3 Å². The average molecular weight is 265 g/mol. The Morgan fingerprint density at radius 2 is 1.75 bits per heavy atom. The molecule has 4 heteroatoms. The third-order valence-corrected chi connectivity index (χ3v) is 2.93. The van der Waals surface area contributed by atoms with E-state index in [0.717, 1.165) is 11.3 Å². The van der Waals surface area contributed by atoms with Crippen LogP contribution in [0, 0.1) is 0 Å². The number of benzene rings is 2. The zero-order chi connectivity index (χ0) is 13.9. The van der Waals surface area contributed by atoms with Crippen molar-refractivity contribution in [3.8, 4) is 22.7 Å². The normalized spacial score (nSPS) is 10.4.